The van der Waals surface area contributed by atoms with Gasteiger partial charge in [0.15, 0.2) is 6.17 Å². The molecule has 1 heterocycles. The molecule has 0 bridgehead atoms. The summed E-state index contributed by atoms with van der Waals surface area (Å²) in [7, 11) is 0. The zero-order valence-electron chi connectivity index (χ0n) is 22.5. The van der Waals surface area contributed by atoms with Crippen LogP contribution in [0.3, 0.4) is 0 Å². The molecule has 0 radical (unpaired) electrons. The first-order valence-corrected chi connectivity index (χ1v) is 13.1. The molecule has 2 fully saturated rings. The highest BCUT2D eigenvalue weighted by Gasteiger charge is 2.32. The van der Waals surface area contributed by atoms with Crippen molar-refractivity contribution in [2.24, 2.45) is 11.7 Å². The lowest BCUT2D eigenvalue weighted by Gasteiger charge is -2.37. The molecule has 10 heteroatoms. The lowest BCUT2D eigenvalue weighted by atomic mass is 9.95. The Morgan fingerprint density at radius 1 is 1.11 bits per heavy atom. The number of amidine groups is 1. The molecule has 204 valence electrons. The summed E-state index contributed by atoms with van der Waals surface area (Å²) in [6.07, 6.45) is 0.813. The van der Waals surface area contributed by atoms with E-state index >= 15 is 0 Å². The minimum Gasteiger partial charge on any atom is -0.507 e. The fourth-order valence-electron chi connectivity index (χ4n) is 4.74. The SMILES string of the molecule is CC1CN(c2ccc(N(C(=N)c3cc(C(=N)C(C)C)c(N)cc3O)C(N)C(=O)NC3CC3)cc2)CC(C)O1. The normalized spacial score (nSPS) is 20.2. The van der Waals surface area contributed by atoms with E-state index in [2.05, 4.69) is 10.2 Å². The number of ether oxygens (including phenoxy) is 1. The molecule has 1 aliphatic carbocycles. The summed E-state index contributed by atoms with van der Waals surface area (Å²) in [5.41, 5.74) is 15.2. The third-order valence-electron chi connectivity index (χ3n) is 6.91. The van der Waals surface area contributed by atoms with E-state index in [-0.39, 0.29) is 52.7 Å². The van der Waals surface area contributed by atoms with E-state index in [9.17, 15) is 9.90 Å². The maximum atomic E-state index is 13.0. The number of morpholine rings is 1. The molecule has 0 spiro atoms. The molecule has 2 aromatic carbocycles. The number of nitrogens with two attached hydrogens (primary N) is 2. The number of amides is 1. The molecule has 2 aromatic rings. The van der Waals surface area contributed by atoms with Crippen LogP contribution >= 0.6 is 0 Å². The molecule has 4 rings (SSSR count). The van der Waals surface area contributed by atoms with E-state index in [1.165, 1.54) is 17.0 Å². The molecule has 0 aromatic heterocycles. The van der Waals surface area contributed by atoms with Gasteiger partial charge in [0.1, 0.15) is 11.6 Å². The molecule has 8 N–H and O–H groups in total. The molecule has 10 nitrogen and oxygen atoms in total. The largest absolute Gasteiger partial charge is 0.507 e. The molecule has 3 atom stereocenters. The Morgan fingerprint density at radius 2 is 1.71 bits per heavy atom. The van der Waals surface area contributed by atoms with Crippen molar-refractivity contribution in [3.8, 4) is 5.75 Å². The van der Waals surface area contributed by atoms with Crippen molar-refractivity contribution in [2.45, 2.75) is 65.0 Å². The fraction of sp³-hybridized carbons (Fsp3) is 0.464. The van der Waals surface area contributed by atoms with Crippen LogP contribution in [0, 0.1) is 16.7 Å². The van der Waals surface area contributed by atoms with Crippen molar-refractivity contribution >= 4 is 34.5 Å². The van der Waals surface area contributed by atoms with Crippen molar-refractivity contribution in [3.63, 3.8) is 0 Å². The van der Waals surface area contributed by atoms with E-state index in [1.54, 1.807) is 0 Å². The van der Waals surface area contributed by atoms with Crippen LogP contribution in [0.1, 0.15) is 51.7 Å². The Kier molecular flexibility index (Phi) is 7.94. The van der Waals surface area contributed by atoms with Crippen LogP contribution < -0.4 is 26.6 Å². The van der Waals surface area contributed by atoms with Gasteiger partial charge >= 0.3 is 0 Å². The van der Waals surface area contributed by atoms with Gasteiger partial charge in [-0.1, -0.05) is 13.8 Å². The van der Waals surface area contributed by atoms with Gasteiger partial charge < -0.3 is 41.8 Å². The van der Waals surface area contributed by atoms with E-state index in [4.69, 9.17) is 27.0 Å². The molecule has 1 saturated heterocycles. The van der Waals surface area contributed by atoms with Gasteiger partial charge in [-0.3, -0.25) is 10.2 Å². The number of carbonyl (C=O) groups excluding carboxylic acids is 1. The third-order valence-corrected chi connectivity index (χ3v) is 6.91. The van der Waals surface area contributed by atoms with Gasteiger partial charge in [-0.15, -0.1) is 0 Å². The Hall–Kier alpha value is -3.63. The minimum absolute atomic E-state index is 0.0975. The zero-order chi connectivity index (χ0) is 27.7. The van der Waals surface area contributed by atoms with Gasteiger partial charge in [-0.2, -0.15) is 0 Å². The zero-order valence-corrected chi connectivity index (χ0v) is 22.5. The fourth-order valence-corrected chi connectivity index (χ4v) is 4.74. The first-order valence-electron chi connectivity index (χ1n) is 13.1. The van der Waals surface area contributed by atoms with Gasteiger partial charge in [-0.05, 0) is 62.9 Å². The van der Waals surface area contributed by atoms with E-state index in [1.807, 2.05) is 52.0 Å². The summed E-state index contributed by atoms with van der Waals surface area (Å²) in [4.78, 5) is 16.7. The number of nitrogens with one attached hydrogen (secondary N) is 3. The first kappa shape index (κ1) is 27.4. The first-order chi connectivity index (χ1) is 18.0. The molecule has 1 aliphatic heterocycles. The smallest absolute Gasteiger partial charge is 0.258 e. The maximum Gasteiger partial charge on any atom is 0.258 e. The number of benzene rings is 2. The highest BCUT2D eigenvalue weighted by Crippen LogP contribution is 2.31. The number of nitrogens with zero attached hydrogens (tertiary/aromatic N) is 2. The number of hydrogen-bond acceptors (Lipinski definition) is 8. The molecule has 2 aliphatic rings. The molecule has 38 heavy (non-hydrogen) atoms. The second kappa shape index (κ2) is 11.0. The van der Waals surface area contributed by atoms with Crippen LogP contribution in [0.15, 0.2) is 36.4 Å². The number of phenolic OH excluding ortho intramolecular Hbond substituents is 1. The Morgan fingerprint density at radius 3 is 2.26 bits per heavy atom. The number of carbonyl (C=O) groups is 1. The van der Waals surface area contributed by atoms with Crippen molar-refractivity contribution in [2.75, 3.05) is 28.6 Å². The van der Waals surface area contributed by atoms with Crippen LogP contribution in [0.2, 0.25) is 0 Å². The predicted molar refractivity (Wildman–Crippen MR) is 151 cm³/mol. The van der Waals surface area contributed by atoms with Crippen LogP contribution in [-0.2, 0) is 9.53 Å². The second-order valence-corrected chi connectivity index (χ2v) is 10.6. The predicted octanol–water partition coefficient (Wildman–Crippen LogP) is 3.01. The average Bonchev–Trinajstić information content (AvgIpc) is 3.67. The number of nitrogen functional groups attached to an aromatic ring is 1. The molecular weight excluding hydrogens is 482 g/mol. The maximum absolute atomic E-state index is 13.0. The molecule has 1 saturated carbocycles. The highest BCUT2D eigenvalue weighted by molar-refractivity contribution is 6.15. The van der Waals surface area contributed by atoms with Crippen molar-refractivity contribution in [1.82, 2.24) is 5.32 Å². The highest BCUT2D eigenvalue weighted by atomic mass is 16.5. The Bertz CT molecular complexity index is 1200. The number of aromatic hydroxyl groups is 1. The van der Waals surface area contributed by atoms with Gasteiger partial charge in [0.2, 0.25) is 0 Å². The summed E-state index contributed by atoms with van der Waals surface area (Å²) in [6, 6.07) is 10.5. The standard InChI is InChI=1S/C28H39N7O3/c1-15(2)25(30)21-11-22(24(36)12-23(21)29)26(31)35(27(32)28(37)33-18-5-6-18)20-9-7-19(8-10-20)34-13-16(3)38-17(4)14-34/h7-12,15-18,27,30-31,36H,5-6,13-14,29,32H2,1-4H3,(H,33,37). The number of phenols is 1. The van der Waals surface area contributed by atoms with Gasteiger partial charge in [0.05, 0.1) is 17.8 Å². The second-order valence-electron chi connectivity index (χ2n) is 10.6. The van der Waals surface area contributed by atoms with Gasteiger partial charge in [0, 0.05) is 53.5 Å². The minimum atomic E-state index is -1.21. The van der Waals surface area contributed by atoms with Gasteiger partial charge in [-0.25, -0.2) is 0 Å². The summed E-state index contributed by atoms with van der Waals surface area (Å²) in [5, 5.41) is 31.2. The van der Waals surface area contributed by atoms with Crippen LogP contribution in [-0.4, -0.2) is 60.1 Å². The number of rotatable bonds is 8. The molecular formula is C28H39N7O3. The van der Waals surface area contributed by atoms with Gasteiger partial charge in [0.25, 0.3) is 5.91 Å². The Balaban J connectivity index is 1.70. The molecule has 3 unspecified atom stereocenters. The Labute approximate surface area is 224 Å². The number of anilines is 3. The summed E-state index contributed by atoms with van der Waals surface area (Å²) >= 11 is 0. The van der Waals surface area contributed by atoms with Crippen LogP contribution in [0.4, 0.5) is 17.1 Å². The third kappa shape index (κ3) is 5.92. The van der Waals surface area contributed by atoms with Crippen LogP contribution in [0.5, 0.6) is 5.75 Å². The average molecular weight is 522 g/mol. The van der Waals surface area contributed by atoms with Crippen LogP contribution in [0.25, 0.3) is 0 Å². The summed E-state index contributed by atoms with van der Waals surface area (Å²) in [6.45, 7) is 9.36. The van der Waals surface area contributed by atoms with E-state index in [0.29, 0.717) is 11.3 Å². The van der Waals surface area contributed by atoms with E-state index in [0.717, 1.165) is 31.6 Å². The molecule has 1 amide bonds. The monoisotopic (exact) mass is 521 g/mol. The number of hydrogen-bond donors (Lipinski definition) is 6. The lowest BCUT2D eigenvalue weighted by Crippen LogP contribution is -2.55. The lowest BCUT2D eigenvalue weighted by molar-refractivity contribution is -0.122. The van der Waals surface area contributed by atoms with Crippen molar-refractivity contribution < 1.29 is 14.6 Å². The van der Waals surface area contributed by atoms with Crippen molar-refractivity contribution in [3.05, 3.63) is 47.5 Å². The summed E-state index contributed by atoms with van der Waals surface area (Å²) in [5.74, 6) is -0.896. The van der Waals surface area contributed by atoms with Crippen molar-refractivity contribution in [1.29, 1.82) is 10.8 Å². The van der Waals surface area contributed by atoms with E-state index < -0.39 is 12.1 Å². The quantitative estimate of drug-likeness (QED) is 0.134. The topological polar surface area (TPSA) is 165 Å². The summed E-state index contributed by atoms with van der Waals surface area (Å²) < 4.78 is 5.85.